The largest absolute Gasteiger partial charge is 0.369 e. The predicted octanol–water partition coefficient (Wildman–Crippen LogP) is 0.779. The zero-order valence-electron chi connectivity index (χ0n) is 14.1. The minimum atomic E-state index is -0.373. The normalized spacial score (nSPS) is 15.7. The van der Waals surface area contributed by atoms with Crippen molar-refractivity contribution in [3.8, 4) is 0 Å². The molecule has 1 saturated heterocycles. The minimum absolute atomic E-state index is 0. The summed E-state index contributed by atoms with van der Waals surface area (Å²) in [4.78, 5) is 27.5. The lowest BCUT2D eigenvalue weighted by molar-refractivity contribution is -0.132. The maximum atomic E-state index is 12.3. The molecule has 0 bridgehead atoms. The number of nitrogens with zero attached hydrogens (tertiary/aromatic N) is 2. The summed E-state index contributed by atoms with van der Waals surface area (Å²) in [5.41, 5.74) is 6.49. The molecule has 0 aliphatic carbocycles. The fourth-order valence-corrected chi connectivity index (χ4v) is 2.86. The van der Waals surface area contributed by atoms with Crippen LogP contribution >= 0.6 is 12.4 Å². The van der Waals surface area contributed by atoms with Gasteiger partial charge in [0.1, 0.15) is 0 Å². The third-order valence-electron chi connectivity index (χ3n) is 4.27. The molecule has 0 radical (unpaired) electrons. The summed E-state index contributed by atoms with van der Waals surface area (Å²) in [5.74, 6) is -0.233. The maximum Gasteiger partial charge on any atom is 0.231 e. The predicted molar refractivity (Wildman–Crippen MR) is 96.9 cm³/mol. The van der Waals surface area contributed by atoms with Gasteiger partial charge in [0.2, 0.25) is 11.8 Å². The van der Waals surface area contributed by atoms with Crippen LogP contribution < -0.4 is 11.1 Å². The maximum absolute atomic E-state index is 12.3. The van der Waals surface area contributed by atoms with Crippen molar-refractivity contribution in [2.75, 3.05) is 39.3 Å². The average molecular weight is 355 g/mol. The molecule has 1 aromatic carbocycles. The van der Waals surface area contributed by atoms with Gasteiger partial charge in [0.15, 0.2) is 0 Å². The number of hydrogen-bond donors (Lipinski definition) is 2. The number of benzene rings is 1. The highest BCUT2D eigenvalue weighted by atomic mass is 35.5. The number of nitrogens with one attached hydrogen (secondary N) is 1. The van der Waals surface area contributed by atoms with Gasteiger partial charge in [-0.05, 0) is 12.5 Å². The Morgan fingerprint density at radius 3 is 2.46 bits per heavy atom. The van der Waals surface area contributed by atoms with E-state index in [9.17, 15) is 9.59 Å². The monoisotopic (exact) mass is 354 g/mol. The van der Waals surface area contributed by atoms with E-state index in [0.29, 0.717) is 13.0 Å². The first-order valence-corrected chi connectivity index (χ1v) is 8.13. The number of primary amides is 1. The molecule has 1 heterocycles. The SMILES string of the molecule is C[C@H](c1ccccc1)N(CCC(=O)N1CCNCC1)CC(N)=O.Cl. The van der Waals surface area contributed by atoms with Crippen LogP contribution in [0.5, 0.6) is 0 Å². The summed E-state index contributed by atoms with van der Waals surface area (Å²) in [5, 5.41) is 3.23. The van der Waals surface area contributed by atoms with Gasteiger partial charge < -0.3 is 16.0 Å². The lowest BCUT2D eigenvalue weighted by atomic mass is 10.1. The van der Waals surface area contributed by atoms with E-state index in [-0.39, 0.29) is 36.8 Å². The van der Waals surface area contributed by atoms with E-state index in [0.717, 1.165) is 31.7 Å². The number of hydrogen-bond acceptors (Lipinski definition) is 4. The Hall–Kier alpha value is -1.63. The van der Waals surface area contributed by atoms with Crippen molar-refractivity contribution in [1.82, 2.24) is 15.1 Å². The van der Waals surface area contributed by atoms with E-state index in [1.165, 1.54) is 0 Å². The molecule has 0 saturated carbocycles. The van der Waals surface area contributed by atoms with Gasteiger partial charge in [0.25, 0.3) is 0 Å². The fraction of sp³-hybridized carbons (Fsp3) is 0.529. The first-order valence-electron chi connectivity index (χ1n) is 8.13. The summed E-state index contributed by atoms with van der Waals surface area (Å²) in [6.45, 7) is 5.92. The van der Waals surface area contributed by atoms with Crippen molar-refractivity contribution in [3.63, 3.8) is 0 Å². The molecule has 1 atom stereocenters. The highest BCUT2D eigenvalue weighted by Crippen LogP contribution is 2.19. The van der Waals surface area contributed by atoms with Crippen LogP contribution in [0.1, 0.15) is 24.9 Å². The molecule has 6 nitrogen and oxygen atoms in total. The van der Waals surface area contributed by atoms with Gasteiger partial charge in [0.05, 0.1) is 6.54 Å². The van der Waals surface area contributed by atoms with E-state index in [1.54, 1.807) is 0 Å². The Bertz CT molecular complexity index is 521. The molecule has 0 aromatic heterocycles. The molecule has 0 unspecified atom stereocenters. The van der Waals surface area contributed by atoms with E-state index in [2.05, 4.69) is 5.32 Å². The van der Waals surface area contributed by atoms with Gasteiger partial charge in [-0.3, -0.25) is 14.5 Å². The van der Waals surface area contributed by atoms with Crippen LogP contribution in [0.3, 0.4) is 0 Å². The molecule has 7 heteroatoms. The van der Waals surface area contributed by atoms with Gasteiger partial charge >= 0.3 is 0 Å². The zero-order chi connectivity index (χ0) is 16.7. The number of carbonyl (C=O) groups excluding carboxylic acids is 2. The summed E-state index contributed by atoms with van der Waals surface area (Å²) < 4.78 is 0. The molecule has 1 fully saturated rings. The van der Waals surface area contributed by atoms with E-state index in [1.807, 2.05) is 47.1 Å². The highest BCUT2D eigenvalue weighted by molar-refractivity contribution is 5.85. The third kappa shape index (κ3) is 6.11. The van der Waals surface area contributed by atoms with Crippen molar-refractivity contribution in [2.45, 2.75) is 19.4 Å². The fourth-order valence-electron chi connectivity index (χ4n) is 2.86. The van der Waals surface area contributed by atoms with Crippen molar-refractivity contribution in [2.24, 2.45) is 5.73 Å². The molecule has 24 heavy (non-hydrogen) atoms. The molecule has 1 aromatic rings. The third-order valence-corrected chi connectivity index (χ3v) is 4.27. The molecule has 134 valence electrons. The van der Waals surface area contributed by atoms with Gasteiger partial charge in [-0.1, -0.05) is 30.3 Å². The molecular weight excluding hydrogens is 328 g/mol. The van der Waals surface area contributed by atoms with Crippen LogP contribution in [0.25, 0.3) is 0 Å². The Morgan fingerprint density at radius 1 is 1.25 bits per heavy atom. The Morgan fingerprint density at radius 2 is 1.88 bits per heavy atom. The van der Waals surface area contributed by atoms with Crippen LogP contribution in [0.4, 0.5) is 0 Å². The number of rotatable bonds is 7. The first kappa shape index (κ1) is 20.4. The highest BCUT2D eigenvalue weighted by Gasteiger charge is 2.21. The van der Waals surface area contributed by atoms with Crippen LogP contribution in [0, 0.1) is 0 Å². The number of nitrogens with two attached hydrogens (primary N) is 1. The molecule has 2 amide bonds. The van der Waals surface area contributed by atoms with Gasteiger partial charge in [0, 0.05) is 45.2 Å². The first-order chi connectivity index (χ1) is 11.1. The second-order valence-electron chi connectivity index (χ2n) is 5.90. The van der Waals surface area contributed by atoms with E-state index < -0.39 is 0 Å². The van der Waals surface area contributed by atoms with Crippen LogP contribution in [-0.4, -0.2) is 60.9 Å². The van der Waals surface area contributed by atoms with Crippen LogP contribution in [0.15, 0.2) is 30.3 Å². The minimum Gasteiger partial charge on any atom is -0.369 e. The summed E-state index contributed by atoms with van der Waals surface area (Å²) in [6.07, 6.45) is 0.407. The second kappa shape index (κ2) is 10.3. The van der Waals surface area contributed by atoms with Crippen molar-refractivity contribution >= 4 is 24.2 Å². The van der Waals surface area contributed by atoms with Crippen molar-refractivity contribution < 1.29 is 9.59 Å². The molecular formula is C17H27ClN4O2. The summed E-state index contributed by atoms with van der Waals surface area (Å²) in [7, 11) is 0. The standard InChI is InChI=1S/C17H26N4O2.ClH/c1-14(15-5-3-2-4-6-15)21(13-16(18)22)10-7-17(23)20-11-8-19-9-12-20;/h2-6,14,19H,7-13H2,1H3,(H2,18,22);1H/t14-;/m1./s1. The molecule has 0 spiro atoms. The number of amides is 2. The number of piperazine rings is 1. The number of halogens is 1. The van der Waals surface area contributed by atoms with E-state index >= 15 is 0 Å². The van der Waals surface area contributed by atoms with Gasteiger partial charge in [-0.15, -0.1) is 12.4 Å². The zero-order valence-corrected chi connectivity index (χ0v) is 14.9. The Balaban J connectivity index is 0.00000288. The lowest BCUT2D eigenvalue weighted by Gasteiger charge is -2.31. The van der Waals surface area contributed by atoms with Crippen LogP contribution in [0.2, 0.25) is 0 Å². The Kier molecular flexibility index (Phi) is 8.74. The van der Waals surface area contributed by atoms with Gasteiger partial charge in [-0.2, -0.15) is 0 Å². The van der Waals surface area contributed by atoms with Crippen molar-refractivity contribution in [3.05, 3.63) is 35.9 Å². The van der Waals surface area contributed by atoms with Gasteiger partial charge in [-0.25, -0.2) is 0 Å². The lowest BCUT2D eigenvalue weighted by Crippen LogP contribution is -2.47. The van der Waals surface area contributed by atoms with Crippen LogP contribution in [-0.2, 0) is 9.59 Å². The number of carbonyl (C=O) groups is 2. The molecule has 1 aliphatic heterocycles. The second-order valence-corrected chi connectivity index (χ2v) is 5.90. The van der Waals surface area contributed by atoms with Crippen molar-refractivity contribution in [1.29, 1.82) is 0 Å². The van der Waals surface area contributed by atoms with E-state index in [4.69, 9.17) is 5.73 Å². The molecule has 3 N–H and O–H groups in total. The quantitative estimate of drug-likeness (QED) is 0.758. The summed E-state index contributed by atoms with van der Waals surface area (Å²) >= 11 is 0. The summed E-state index contributed by atoms with van der Waals surface area (Å²) in [6, 6.07) is 10.00. The average Bonchev–Trinajstić information content (AvgIpc) is 2.59. The molecule has 2 rings (SSSR count). The Labute approximate surface area is 149 Å². The smallest absolute Gasteiger partial charge is 0.231 e. The topological polar surface area (TPSA) is 78.7 Å². The molecule has 1 aliphatic rings.